The Kier molecular flexibility index (Phi) is 2.31. The first-order valence-electron chi connectivity index (χ1n) is 4.10. The zero-order valence-electron chi connectivity index (χ0n) is 7.35. The summed E-state index contributed by atoms with van der Waals surface area (Å²) in [4.78, 5) is 3.73. The largest absolute Gasteiger partial charge is 0.416 e. The summed E-state index contributed by atoms with van der Waals surface area (Å²) in [7, 11) is 0. The Hall–Kier alpha value is -1.29. The van der Waals surface area contributed by atoms with Crippen LogP contribution in [0.15, 0.2) is 30.5 Å². The second-order valence-corrected chi connectivity index (χ2v) is 3.39. The molecular weight excluding hydrogens is 227 g/mol. The van der Waals surface area contributed by atoms with Crippen LogP contribution < -0.4 is 0 Å². The number of nitrogens with zero attached hydrogens (tertiary/aromatic N) is 1. The normalized spacial score (nSPS) is 12.0. The van der Waals surface area contributed by atoms with Crippen molar-refractivity contribution in [3.63, 3.8) is 0 Å². The van der Waals surface area contributed by atoms with Gasteiger partial charge in [-0.2, -0.15) is 13.2 Å². The van der Waals surface area contributed by atoms with Gasteiger partial charge in [-0.05, 0) is 23.6 Å². The highest BCUT2D eigenvalue weighted by Crippen LogP contribution is 2.32. The van der Waals surface area contributed by atoms with Gasteiger partial charge in [0.2, 0.25) is 0 Å². The highest BCUT2D eigenvalue weighted by molar-refractivity contribution is 6.34. The highest BCUT2D eigenvalue weighted by atomic mass is 35.5. The fourth-order valence-corrected chi connectivity index (χ4v) is 1.53. The van der Waals surface area contributed by atoms with Gasteiger partial charge >= 0.3 is 6.18 Å². The van der Waals surface area contributed by atoms with E-state index in [4.69, 9.17) is 11.6 Å². The van der Waals surface area contributed by atoms with E-state index in [1.807, 2.05) is 0 Å². The van der Waals surface area contributed by atoms with Crippen molar-refractivity contribution in [2.75, 3.05) is 0 Å². The van der Waals surface area contributed by atoms with Crippen molar-refractivity contribution in [1.82, 2.24) is 4.98 Å². The molecule has 0 N–H and O–H groups in total. The summed E-state index contributed by atoms with van der Waals surface area (Å²) >= 11 is 5.70. The lowest BCUT2D eigenvalue weighted by Gasteiger charge is -2.07. The fraction of sp³-hybridized carbons (Fsp3) is 0.100. The summed E-state index contributed by atoms with van der Waals surface area (Å²) in [6.07, 6.45) is -2.90. The van der Waals surface area contributed by atoms with Crippen molar-refractivity contribution in [1.29, 1.82) is 0 Å². The van der Waals surface area contributed by atoms with Crippen LogP contribution in [0.5, 0.6) is 0 Å². The van der Waals surface area contributed by atoms with Crippen LogP contribution >= 0.6 is 11.6 Å². The van der Waals surface area contributed by atoms with Gasteiger partial charge in [0.25, 0.3) is 0 Å². The van der Waals surface area contributed by atoms with E-state index in [9.17, 15) is 13.2 Å². The molecule has 78 valence electrons. The molecule has 15 heavy (non-hydrogen) atoms. The Labute approximate surface area is 88.5 Å². The van der Waals surface area contributed by atoms with E-state index in [1.54, 1.807) is 6.07 Å². The maximum Gasteiger partial charge on any atom is 0.416 e. The molecule has 0 radical (unpaired) electrons. The molecule has 0 saturated carbocycles. The molecule has 0 aliphatic rings. The molecule has 5 heteroatoms. The van der Waals surface area contributed by atoms with Crippen molar-refractivity contribution < 1.29 is 13.2 Å². The summed E-state index contributed by atoms with van der Waals surface area (Å²) < 4.78 is 37.2. The third-order valence-corrected chi connectivity index (χ3v) is 2.35. The summed E-state index contributed by atoms with van der Waals surface area (Å²) in [5.41, 5.74) is -0.718. The average molecular weight is 232 g/mol. The molecular formula is C10H5ClF3N. The first kappa shape index (κ1) is 10.2. The van der Waals surface area contributed by atoms with E-state index >= 15 is 0 Å². The van der Waals surface area contributed by atoms with Gasteiger partial charge in [0.1, 0.15) is 5.15 Å². The number of benzene rings is 1. The van der Waals surface area contributed by atoms with E-state index in [0.29, 0.717) is 10.8 Å². The minimum atomic E-state index is -4.35. The van der Waals surface area contributed by atoms with Gasteiger partial charge in [-0.15, -0.1) is 0 Å². The summed E-state index contributed by atoms with van der Waals surface area (Å²) in [6, 6.07) is 5.02. The van der Waals surface area contributed by atoms with Crippen molar-refractivity contribution in [2.45, 2.75) is 6.18 Å². The van der Waals surface area contributed by atoms with Crippen LogP contribution in [0.25, 0.3) is 10.8 Å². The molecule has 1 aromatic carbocycles. The van der Waals surface area contributed by atoms with Gasteiger partial charge in [0.15, 0.2) is 0 Å². The standard InChI is InChI=1S/C10H5ClF3N/c11-9-8-5-7(10(12,13)14)2-1-6(8)3-4-15-9/h1-5H. The zero-order valence-corrected chi connectivity index (χ0v) is 8.10. The van der Waals surface area contributed by atoms with Gasteiger partial charge in [-0.3, -0.25) is 0 Å². The van der Waals surface area contributed by atoms with Crippen molar-refractivity contribution >= 4 is 22.4 Å². The molecule has 0 atom stereocenters. The number of alkyl halides is 3. The molecule has 0 aliphatic carbocycles. The zero-order chi connectivity index (χ0) is 11.1. The van der Waals surface area contributed by atoms with Gasteiger partial charge in [-0.1, -0.05) is 17.7 Å². The lowest BCUT2D eigenvalue weighted by atomic mass is 10.1. The SMILES string of the molecule is FC(F)(F)c1ccc2ccnc(Cl)c2c1. The third kappa shape index (κ3) is 1.90. The topological polar surface area (TPSA) is 12.9 Å². The van der Waals surface area contributed by atoms with Gasteiger partial charge in [-0.25, -0.2) is 4.98 Å². The molecule has 0 fully saturated rings. The predicted octanol–water partition coefficient (Wildman–Crippen LogP) is 3.91. The van der Waals surface area contributed by atoms with E-state index in [1.165, 1.54) is 12.3 Å². The number of hydrogen-bond acceptors (Lipinski definition) is 1. The van der Waals surface area contributed by atoms with Crippen LogP contribution in [0.4, 0.5) is 13.2 Å². The molecule has 2 aromatic rings. The van der Waals surface area contributed by atoms with Crippen LogP contribution in [0.3, 0.4) is 0 Å². The molecule has 2 rings (SSSR count). The van der Waals surface area contributed by atoms with Gasteiger partial charge in [0.05, 0.1) is 5.56 Å². The molecule has 1 nitrogen and oxygen atoms in total. The number of hydrogen-bond donors (Lipinski definition) is 0. The van der Waals surface area contributed by atoms with E-state index in [2.05, 4.69) is 4.98 Å². The van der Waals surface area contributed by atoms with Crippen molar-refractivity contribution in [2.24, 2.45) is 0 Å². The first-order chi connectivity index (χ1) is 6.98. The van der Waals surface area contributed by atoms with Crippen LogP contribution in [0, 0.1) is 0 Å². The number of pyridine rings is 1. The van der Waals surface area contributed by atoms with E-state index in [0.717, 1.165) is 12.1 Å². The Morgan fingerprint density at radius 2 is 1.87 bits per heavy atom. The van der Waals surface area contributed by atoms with Gasteiger partial charge in [0, 0.05) is 11.6 Å². The molecule has 0 unspecified atom stereocenters. The number of rotatable bonds is 0. The van der Waals surface area contributed by atoms with E-state index < -0.39 is 11.7 Å². The van der Waals surface area contributed by atoms with Gasteiger partial charge < -0.3 is 0 Å². The molecule has 1 heterocycles. The number of fused-ring (bicyclic) bond motifs is 1. The monoisotopic (exact) mass is 231 g/mol. The molecule has 0 aliphatic heterocycles. The second-order valence-electron chi connectivity index (χ2n) is 3.04. The number of halogens is 4. The maximum absolute atomic E-state index is 12.4. The lowest BCUT2D eigenvalue weighted by molar-refractivity contribution is -0.137. The minimum Gasteiger partial charge on any atom is -0.244 e. The van der Waals surface area contributed by atoms with Crippen LogP contribution in [0.2, 0.25) is 5.15 Å². The van der Waals surface area contributed by atoms with Crippen molar-refractivity contribution in [3.05, 3.63) is 41.2 Å². The highest BCUT2D eigenvalue weighted by Gasteiger charge is 2.30. The van der Waals surface area contributed by atoms with E-state index in [-0.39, 0.29) is 5.15 Å². The smallest absolute Gasteiger partial charge is 0.244 e. The summed E-state index contributed by atoms with van der Waals surface area (Å²) in [5.74, 6) is 0. The first-order valence-corrected chi connectivity index (χ1v) is 4.48. The van der Waals surface area contributed by atoms with Crippen LogP contribution in [-0.2, 0) is 6.18 Å². The van der Waals surface area contributed by atoms with Crippen molar-refractivity contribution in [3.8, 4) is 0 Å². The maximum atomic E-state index is 12.4. The fourth-order valence-electron chi connectivity index (χ4n) is 1.31. The quantitative estimate of drug-likeness (QED) is 0.627. The second kappa shape index (κ2) is 3.38. The summed E-state index contributed by atoms with van der Waals surface area (Å²) in [6.45, 7) is 0. The van der Waals surface area contributed by atoms with Crippen LogP contribution in [0.1, 0.15) is 5.56 Å². The minimum absolute atomic E-state index is 0.0820. The Bertz CT molecular complexity index is 507. The van der Waals surface area contributed by atoms with Crippen LogP contribution in [-0.4, -0.2) is 4.98 Å². The Morgan fingerprint density at radius 3 is 2.53 bits per heavy atom. The molecule has 1 aromatic heterocycles. The molecule has 0 spiro atoms. The molecule has 0 bridgehead atoms. The molecule has 0 saturated heterocycles. The number of aromatic nitrogens is 1. The average Bonchev–Trinajstić information content (AvgIpc) is 2.16. The molecule has 0 amide bonds. The lowest BCUT2D eigenvalue weighted by Crippen LogP contribution is -2.04. The summed E-state index contributed by atoms with van der Waals surface area (Å²) in [5, 5.41) is 1.04. The third-order valence-electron chi connectivity index (χ3n) is 2.04. The Morgan fingerprint density at radius 1 is 1.13 bits per heavy atom. The predicted molar refractivity (Wildman–Crippen MR) is 51.8 cm³/mol. The Balaban J connectivity index is 2.70.